The van der Waals surface area contributed by atoms with E-state index in [1.807, 2.05) is 31.3 Å². The third-order valence-corrected chi connectivity index (χ3v) is 2.36. The van der Waals surface area contributed by atoms with Crippen LogP contribution in [0.1, 0.15) is 29.3 Å². The largest absolute Gasteiger partial charge is 0.464 e. The Morgan fingerprint density at radius 1 is 1.56 bits per heavy atom. The van der Waals surface area contributed by atoms with Crippen LogP contribution in [-0.2, 0) is 4.74 Å². The van der Waals surface area contributed by atoms with Crippen molar-refractivity contribution in [1.82, 2.24) is 9.38 Å². The van der Waals surface area contributed by atoms with E-state index in [9.17, 15) is 4.79 Å². The summed E-state index contributed by atoms with van der Waals surface area (Å²) in [5.74, 6) is 0.201. The van der Waals surface area contributed by atoms with Crippen molar-refractivity contribution in [3.8, 4) is 0 Å². The van der Waals surface area contributed by atoms with Crippen LogP contribution in [0.2, 0.25) is 0 Å². The fraction of sp³-hybridized carbons (Fsp3) is 0.273. The Morgan fingerprint density at radius 3 is 2.94 bits per heavy atom. The molecule has 0 saturated heterocycles. The molecule has 0 spiro atoms. The van der Waals surface area contributed by atoms with E-state index in [4.69, 9.17) is 5.73 Å². The first-order valence-corrected chi connectivity index (χ1v) is 4.96. The van der Waals surface area contributed by atoms with Gasteiger partial charge in [-0.25, -0.2) is 9.78 Å². The van der Waals surface area contributed by atoms with Gasteiger partial charge in [0.05, 0.1) is 18.7 Å². The summed E-state index contributed by atoms with van der Waals surface area (Å²) in [4.78, 5) is 15.7. The summed E-state index contributed by atoms with van der Waals surface area (Å²) in [5, 5.41) is 0. The number of hydrogen-bond donors (Lipinski definition) is 1. The van der Waals surface area contributed by atoms with Crippen LogP contribution in [0.15, 0.2) is 24.4 Å². The number of esters is 1. The highest BCUT2D eigenvalue weighted by Gasteiger charge is 2.18. The minimum atomic E-state index is -0.449. The Kier molecular flexibility index (Phi) is 2.62. The quantitative estimate of drug-likeness (QED) is 0.769. The second-order valence-corrected chi connectivity index (χ2v) is 3.55. The standard InChI is InChI=1S/C11H13N3O2/c1-7(12)10-13-9(11(15)16-2)8-5-3-4-6-14(8)10/h3-7H,12H2,1-2H3. The van der Waals surface area contributed by atoms with Gasteiger partial charge in [0.15, 0.2) is 5.69 Å². The molecule has 5 heteroatoms. The van der Waals surface area contributed by atoms with Crippen LogP contribution in [0.4, 0.5) is 0 Å². The van der Waals surface area contributed by atoms with Crippen molar-refractivity contribution in [2.45, 2.75) is 13.0 Å². The summed E-state index contributed by atoms with van der Waals surface area (Å²) in [7, 11) is 1.34. The minimum Gasteiger partial charge on any atom is -0.464 e. The fourth-order valence-corrected chi connectivity index (χ4v) is 1.63. The lowest BCUT2D eigenvalue weighted by Crippen LogP contribution is -2.09. The summed E-state index contributed by atoms with van der Waals surface area (Å²) in [5.41, 5.74) is 6.81. The second-order valence-electron chi connectivity index (χ2n) is 3.55. The van der Waals surface area contributed by atoms with Crippen LogP contribution >= 0.6 is 0 Å². The van der Waals surface area contributed by atoms with E-state index in [-0.39, 0.29) is 6.04 Å². The average Bonchev–Trinajstić information content (AvgIpc) is 2.67. The predicted octanol–water partition coefficient (Wildman–Crippen LogP) is 1.14. The predicted molar refractivity (Wildman–Crippen MR) is 59.1 cm³/mol. The van der Waals surface area contributed by atoms with Crippen molar-refractivity contribution >= 4 is 11.5 Å². The zero-order chi connectivity index (χ0) is 11.7. The number of nitrogens with zero attached hydrogens (tertiary/aromatic N) is 2. The van der Waals surface area contributed by atoms with Gasteiger partial charge in [0.2, 0.25) is 0 Å². The topological polar surface area (TPSA) is 69.6 Å². The number of carbonyl (C=O) groups is 1. The summed E-state index contributed by atoms with van der Waals surface area (Å²) >= 11 is 0. The molecule has 0 saturated carbocycles. The van der Waals surface area contributed by atoms with E-state index in [1.54, 1.807) is 4.40 Å². The van der Waals surface area contributed by atoms with Crippen molar-refractivity contribution in [2.24, 2.45) is 5.73 Å². The molecule has 1 unspecified atom stereocenters. The first kappa shape index (κ1) is 10.6. The summed E-state index contributed by atoms with van der Waals surface area (Å²) < 4.78 is 6.48. The fourth-order valence-electron chi connectivity index (χ4n) is 1.63. The molecule has 2 rings (SSSR count). The zero-order valence-electron chi connectivity index (χ0n) is 9.18. The van der Waals surface area contributed by atoms with Gasteiger partial charge in [0.25, 0.3) is 0 Å². The third-order valence-electron chi connectivity index (χ3n) is 2.36. The Bertz CT molecular complexity index is 531. The van der Waals surface area contributed by atoms with Crippen molar-refractivity contribution in [3.05, 3.63) is 35.9 Å². The molecule has 1 atom stereocenters. The SMILES string of the molecule is COC(=O)c1nc(C(C)N)n2ccccc12. The molecule has 16 heavy (non-hydrogen) atoms. The van der Waals surface area contributed by atoms with Crippen LogP contribution in [0, 0.1) is 0 Å². The van der Waals surface area contributed by atoms with Gasteiger partial charge in [-0.2, -0.15) is 0 Å². The van der Waals surface area contributed by atoms with Gasteiger partial charge in [-0.3, -0.25) is 0 Å². The molecule has 0 radical (unpaired) electrons. The monoisotopic (exact) mass is 219 g/mol. The van der Waals surface area contributed by atoms with Gasteiger partial charge in [-0.1, -0.05) is 6.07 Å². The number of fused-ring (bicyclic) bond motifs is 1. The van der Waals surface area contributed by atoms with Crippen LogP contribution in [0.25, 0.3) is 5.52 Å². The highest BCUT2D eigenvalue weighted by Crippen LogP contribution is 2.17. The number of aromatic nitrogens is 2. The molecule has 0 aromatic carbocycles. The molecule has 84 valence electrons. The molecule has 2 aromatic rings. The van der Waals surface area contributed by atoms with Crippen LogP contribution in [0.3, 0.4) is 0 Å². The molecule has 2 aromatic heterocycles. The lowest BCUT2D eigenvalue weighted by Gasteiger charge is -2.02. The van der Waals surface area contributed by atoms with E-state index < -0.39 is 5.97 Å². The van der Waals surface area contributed by atoms with Crippen molar-refractivity contribution < 1.29 is 9.53 Å². The van der Waals surface area contributed by atoms with Gasteiger partial charge in [-0.05, 0) is 19.1 Å². The van der Waals surface area contributed by atoms with Gasteiger partial charge >= 0.3 is 5.97 Å². The van der Waals surface area contributed by atoms with Gasteiger partial charge < -0.3 is 14.9 Å². The van der Waals surface area contributed by atoms with E-state index in [0.29, 0.717) is 17.0 Å². The molecule has 0 aliphatic heterocycles. The summed E-state index contributed by atoms with van der Waals surface area (Å²) in [6.07, 6.45) is 1.83. The molecular weight excluding hydrogens is 206 g/mol. The summed E-state index contributed by atoms with van der Waals surface area (Å²) in [6, 6.07) is 5.27. The van der Waals surface area contributed by atoms with Crippen molar-refractivity contribution in [1.29, 1.82) is 0 Å². The smallest absolute Gasteiger partial charge is 0.358 e. The number of nitrogens with two attached hydrogens (primary N) is 1. The van der Waals surface area contributed by atoms with Gasteiger partial charge in [0.1, 0.15) is 5.82 Å². The molecule has 2 N–H and O–H groups in total. The molecule has 5 nitrogen and oxygen atoms in total. The molecule has 0 fully saturated rings. The lowest BCUT2D eigenvalue weighted by atomic mass is 10.3. The Hall–Kier alpha value is -1.88. The van der Waals surface area contributed by atoms with Crippen molar-refractivity contribution in [2.75, 3.05) is 7.11 Å². The lowest BCUT2D eigenvalue weighted by molar-refractivity contribution is 0.0597. The maximum atomic E-state index is 11.5. The molecule has 0 aliphatic carbocycles. The maximum absolute atomic E-state index is 11.5. The van der Waals surface area contributed by atoms with E-state index >= 15 is 0 Å². The number of imidazole rings is 1. The third kappa shape index (κ3) is 1.55. The number of pyridine rings is 1. The molecular formula is C11H13N3O2. The van der Waals surface area contributed by atoms with Crippen molar-refractivity contribution in [3.63, 3.8) is 0 Å². The minimum absolute atomic E-state index is 0.242. The Labute approximate surface area is 92.8 Å². The van der Waals surface area contributed by atoms with Gasteiger partial charge in [0, 0.05) is 6.20 Å². The highest BCUT2D eigenvalue weighted by atomic mass is 16.5. The van der Waals surface area contributed by atoms with E-state index in [0.717, 1.165) is 0 Å². The maximum Gasteiger partial charge on any atom is 0.358 e. The highest BCUT2D eigenvalue weighted by molar-refractivity contribution is 5.95. The van der Waals surface area contributed by atoms with Crippen LogP contribution in [-0.4, -0.2) is 22.5 Å². The first-order chi connectivity index (χ1) is 7.65. The molecule has 0 bridgehead atoms. The second kappa shape index (κ2) is 3.94. The van der Waals surface area contributed by atoms with Crippen LogP contribution < -0.4 is 5.73 Å². The molecule has 2 heterocycles. The number of hydrogen-bond acceptors (Lipinski definition) is 4. The molecule has 0 aliphatic rings. The van der Waals surface area contributed by atoms with E-state index in [1.165, 1.54) is 7.11 Å². The zero-order valence-corrected chi connectivity index (χ0v) is 9.18. The van der Waals surface area contributed by atoms with Crippen LogP contribution in [0.5, 0.6) is 0 Å². The van der Waals surface area contributed by atoms with Gasteiger partial charge in [-0.15, -0.1) is 0 Å². The normalized spacial score (nSPS) is 12.7. The first-order valence-electron chi connectivity index (χ1n) is 4.96. The van der Waals surface area contributed by atoms with E-state index in [2.05, 4.69) is 9.72 Å². The number of carbonyl (C=O) groups excluding carboxylic acids is 1. The number of rotatable bonds is 2. The number of ether oxygens (including phenoxy) is 1. The Balaban J connectivity index is 2.71. The number of methoxy groups -OCH3 is 1. The average molecular weight is 219 g/mol. The Morgan fingerprint density at radius 2 is 2.31 bits per heavy atom. The summed E-state index contributed by atoms with van der Waals surface area (Å²) in [6.45, 7) is 1.82. The molecule has 0 amide bonds.